The van der Waals surface area contributed by atoms with E-state index in [1.54, 1.807) is 24.3 Å². The normalized spacial score (nSPS) is 16.3. The van der Waals surface area contributed by atoms with E-state index in [9.17, 15) is 9.59 Å². The molecule has 7 nitrogen and oxygen atoms in total. The Morgan fingerprint density at radius 2 is 1.97 bits per heavy atom. The van der Waals surface area contributed by atoms with Gasteiger partial charge >= 0.3 is 5.97 Å². The summed E-state index contributed by atoms with van der Waals surface area (Å²) >= 11 is 3.43. The number of methoxy groups -OCH3 is 1. The third-order valence-electron chi connectivity index (χ3n) is 4.36. The van der Waals surface area contributed by atoms with Gasteiger partial charge in [0.1, 0.15) is 0 Å². The molecule has 8 heteroatoms. The Kier molecular flexibility index (Phi) is 7.37. The van der Waals surface area contributed by atoms with Crippen molar-refractivity contribution in [1.82, 2.24) is 5.32 Å². The summed E-state index contributed by atoms with van der Waals surface area (Å²) in [5.41, 5.74) is 1.56. The fourth-order valence-electron chi connectivity index (χ4n) is 2.85. The van der Waals surface area contributed by atoms with Crippen LogP contribution >= 0.6 is 15.9 Å². The molecule has 152 valence electrons. The summed E-state index contributed by atoms with van der Waals surface area (Å²) < 4.78 is 11.2. The van der Waals surface area contributed by atoms with Crippen molar-refractivity contribution in [3.63, 3.8) is 0 Å². The predicted molar refractivity (Wildman–Crippen MR) is 114 cm³/mol. The molecule has 1 atom stereocenters. The molecule has 0 radical (unpaired) electrons. The van der Waals surface area contributed by atoms with Crippen molar-refractivity contribution < 1.29 is 19.1 Å². The zero-order valence-electron chi connectivity index (χ0n) is 16.0. The molecule has 0 aliphatic carbocycles. The summed E-state index contributed by atoms with van der Waals surface area (Å²) in [5.74, 6) is -0.456. The van der Waals surface area contributed by atoms with Crippen molar-refractivity contribution in [3.05, 3.63) is 64.1 Å². The number of rotatable bonds is 5. The molecule has 1 aliphatic rings. The van der Waals surface area contributed by atoms with E-state index in [2.05, 4.69) is 36.3 Å². The second-order valence-electron chi connectivity index (χ2n) is 6.48. The van der Waals surface area contributed by atoms with E-state index >= 15 is 0 Å². The minimum Gasteiger partial charge on any atom is -0.465 e. The van der Waals surface area contributed by atoms with E-state index in [1.165, 1.54) is 7.11 Å². The first-order valence-corrected chi connectivity index (χ1v) is 10.0. The van der Waals surface area contributed by atoms with Crippen LogP contribution in [0.5, 0.6) is 0 Å². The third kappa shape index (κ3) is 6.13. The highest BCUT2D eigenvalue weighted by molar-refractivity contribution is 9.10. The molecule has 3 rings (SSSR count). The number of guanidine groups is 1. The molecule has 1 unspecified atom stereocenters. The average molecular weight is 460 g/mol. The van der Waals surface area contributed by atoms with E-state index in [-0.39, 0.29) is 12.0 Å². The van der Waals surface area contributed by atoms with Crippen molar-refractivity contribution in [2.45, 2.75) is 18.9 Å². The summed E-state index contributed by atoms with van der Waals surface area (Å²) in [7, 11) is 1.31. The molecule has 29 heavy (non-hydrogen) atoms. The Labute approximate surface area is 177 Å². The van der Waals surface area contributed by atoms with Gasteiger partial charge in [-0.05, 0) is 55.3 Å². The van der Waals surface area contributed by atoms with E-state index in [4.69, 9.17) is 4.74 Å². The van der Waals surface area contributed by atoms with Crippen molar-refractivity contribution >= 4 is 39.5 Å². The lowest BCUT2D eigenvalue weighted by Gasteiger charge is -2.14. The van der Waals surface area contributed by atoms with Gasteiger partial charge in [0.2, 0.25) is 5.96 Å². The lowest BCUT2D eigenvalue weighted by atomic mass is 10.1. The molecule has 2 aromatic rings. The van der Waals surface area contributed by atoms with Crippen LogP contribution in [0.1, 0.15) is 33.6 Å². The van der Waals surface area contributed by atoms with Gasteiger partial charge in [0, 0.05) is 22.3 Å². The van der Waals surface area contributed by atoms with Gasteiger partial charge in [0.15, 0.2) is 0 Å². The summed E-state index contributed by atoms with van der Waals surface area (Å²) in [5, 5.41) is 5.94. The van der Waals surface area contributed by atoms with E-state index in [0.717, 1.165) is 29.6 Å². The minimum atomic E-state index is -0.452. The van der Waals surface area contributed by atoms with Crippen molar-refractivity contribution in [3.8, 4) is 0 Å². The Bertz CT molecular complexity index is 893. The van der Waals surface area contributed by atoms with Gasteiger partial charge < -0.3 is 14.8 Å². The number of carbonyl (C=O) groups is 2. The second kappa shape index (κ2) is 10.2. The van der Waals surface area contributed by atoms with Crippen LogP contribution in [-0.4, -0.2) is 44.2 Å². The van der Waals surface area contributed by atoms with E-state index in [1.807, 2.05) is 24.3 Å². The number of benzene rings is 2. The Morgan fingerprint density at radius 1 is 1.21 bits per heavy atom. The fraction of sp³-hybridized carbons (Fsp3) is 0.286. The second-order valence-corrected chi connectivity index (χ2v) is 7.40. The topological polar surface area (TPSA) is 89.0 Å². The number of hydrogen-bond acceptors (Lipinski definition) is 5. The molecule has 1 amide bonds. The standard InChI is InChI=1S/C21H22BrN3O4/c1-28-20(27)15-9-7-14(8-10-15)19(26)25-21(23-13-18-6-3-11-29-18)24-17-5-2-4-16(22)12-17/h2,4-5,7-10,12,18H,3,6,11,13H2,1H3,(H2,23,24,25,26). The van der Waals surface area contributed by atoms with Crippen LogP contribution in [-0.2, 0) is 9.47 Å². The van der Waals surface area contributed by atoms with E-state index in [0.29, 0.717) is 23.6 Å². The van der Waals surface area contributed by atoms with Crippen LogP contribution in [0.2, 0.25) is 0 Å². The molecular weight excluding hydrogens is 438 g/mol. The lowest BCUT2D eigenvalue weighted by molar-refractivity contribution is 0.0600. The monoisotopic (exact) mass is 459 g/mol. The van der Waals surface area contributed by atoms with Gasteiger partial charge in [-0.3, -0.25) is 10.1 Å². The number of nitrogens with one attached hydrogen (secondary N) is 2. The lowest BCUT2D eigenvalue weighted by Crippen LogP contribution is -2.36. The number of aliphatic imine (C=N–C) groups is 1. The summed E-state index contributed by atoms with van der Waals surface area (Å²) in [4.78, 5) is 28.7. The average Bonchev–Trinajstić information content (AvgIpc) is 3.25. The SMILES string of the molecule is COC(=O)c1ccc(C(=O)NC(=NCC2CCCO2)Nc2cccc(Br)c2)cc1. The Morgan fingerprint density at radius 3 is 2.62 bits per heavy atom. The predicted octanol–water partition coefficient (Wildman–Crippen LogP) is 3.61. The largest absolute Gasteiger partial charge is 0.465 e. The molecular formula is C21H22BrN3O4. The summed E-state index contributed by atoms with van der Waals surface area (Å²) in [6.45, 7) is 1.20. The molecule has 2 N–H and O–H groups in total. The van der Waals surface area contributed by atoms with E-state index < -0.39 is 5.97 Å². The van der Waals surface area contributed by atoms with Gasteiger partial charge in [-0.15, -0.1) is 0 Å². The number of hydrogen-bond donors (Lipinski definition) is 2. The first-order chi connectivity index (χ1) is 14.0. The van der Waals surface area contributed by atoms with Gasteiger partial charge in [-0.2, -0.15) is 0 Å². The fourth-order valence-corrected chi connectivity index (χ4v) is 3.25. The highest BCUT2D eigenvalue weighted by Gasteiger charge is 2.16. The molecule has 0 saturated carbocycles. The number of anilines is 1. The molecule has 2 aromatic carbocycles. The van der Waals surface area contributed by atoms with Crippen LogP contribution in [0.4, 0.5) is 5.69 Å². The highest BCUT2D eigenvalue weighted by atomic mass is 79.9. The molecule has 1 saturated heterocycles. The summed E-state index contributed by atoms with van der Waals surface area (Å²) in [6, 6.07) is 13.8. The number of esters is 1. The zero-order valence-corrected chi connectivity index (χ0v) is 17.6. The number of ether oxygens (including phenoxy) is 2. The van der Waals surface area contributed by atoms with Crippen LogP contribution < -0.4 is 10.6 Å². The molecule has 1 aliphatic heterocycles. The first kappa shape index (κ1) is 21.0. The van der Waals surface area contributed by atoms with Gasteiger partial charge in [-0.25, -0.2) is 9.79 Å². The quantitative estimate of drug-likeness (QED) is 0.404. The molecule has 1 fully saturated rings. The highest BCUT2D eigenvalue weighted by Crippen LogP contribution is 2.16. The van der Waals surface area contributed by atoms with Crippen LogP contribution in [0.15, 0.2) is 58.0 Å². The Balaban J connectivity index is 1.73. The number of amides is 1. The van der Waals surface area contributed by atoms with Crippen LogP contribution in [0.3, 0.4) is 0 Å². The minimum absolute atomic E-state index is 0.0607. The third-order valence-corrected chi connectivity index (χ3v) is 4.86. The molecule has 0 bridgehead atoms. The molecule has 1 heterocycles. The molecule has 0 aromatic heterocycles. The first-order valence-electron chi connectivity index (χ1n) is 9.23. The zero-order chi connectivity index (χ0) is 20.6. The number of nitrogens with zero attached hydrogens (tertiary/aromatic N) is 1. The Hall–Kier alpha value is -2.71. The van der Waals surface area contributed by atoms with Crippen LogP contribution in [0.25, 0.3) is 0 Å². The maximum absolute atomic E-state index is 12.7. The van der Waals surface area contributed by atoms with Crippen molar-refractivity contribution in [2.75, 3.05) is 25.6 Å². The van der Waals surface area contributed by atoms with Crippen LogP contribution in [0, 0.1) is 0 Å². The molecule has 0 spiro atoms. The number of carbonyl (C=O) groups excluding carboxylic acids is 2. The van der Waals surface area contributed by atoms with Gasteiger partial charge in [-0.1, -0.05) is 22.0 Å². The maximum Gasteiger partial charge on any atom is 0.337 e. The maximum atomic E-state index is 12.7. The van der Waals surface area contributed by atoms with Gasteiger partial charge in [0.05, 0.1) is 25.3 Å². The number of halogens is 1. The smallest absolute Gasteiger partial charge is 0.337 e. The van der Waals surface area contributed by atoms with Crippen molar-refractivity contribution in [1.29, 1.82) is 0 Å². The van der Waals surface area contributed by atoms with Crippen molar-refractivity contribution in [2.24, 2.45) is 4.99 Å². The summed E-state index contributed by atoms with van der Waals surface area (Å²) in [6.07, 6.45) is 2.04. The van der Waals surface area contributed by atoms with Gasteiger partial charge in [0.25, 0.3) is 5.91 Å².